The first-order valence-corrected chi connectivity index (χ1v) is 8.62. The molecular formula is C19H20N4O3. The Morgan fingerprint density at radius 2 is 2.08 bits per heavy atom. The van der Waals surface area contributed by atoms with E-state index in [0.717, 1.165) is 23.9 Å². The third-order valence-electron chi connectivity index (χ3n) is 4.56. The lowest BCUT2D eigenvalue weighted by Crippen LogP contribution is -2.41. The Bertz CT molecular complexity index is 883. The molecule has 7 nitrogen and oxygen atoms in total. The highest BCUT2D eigenvalue weighted by Gasteiger charge is 2.25. The smallest absolute Gasteiger partial charge is 0.319 e. The Hall–Kier alpha value is -3.09. The molecule has 0 aliphatic carbocycles. The maximum Gasteiger partial charge on any atom is 0.319 e. The minimum Gasteiger partial charge on any atom is -0.474 e. The molecule has 0 bridgehead atoms. The van der Waals surface area contributed by atoms with Crippen LogP contribution in [-0.4, -0.2) is 51.5 Å². The molecule has 4 heterocycles. The van der Waals surface area contributed by atoms with Crippen LogP contribution in [0.4, 0.5) is 0 Å². The molecule has 0 N–H and O–H groups in total. The summed E-state index contributed by atoms with van der Waals surface area (Å²) < 4.78 is 12.9. The van der Waals surface area contributed by atoms with E-state index in [2.05, 4.69) is 9.97 Å². The standard InChI is InChI=1S/C19H20N4O3/c1-25-19-20-8-5-17(21-19)26-16-6-10-22(11-7-16)18(24)14-12-15-4-2-3-9-23(15)13-14/h2-5,8-9,12-13,16H,6-7,10-11H2,1H3. The summed E-state index contributed by atoms with van der Waals surface area (Å²) >= 11 is 0. The largest absolute Gasteiger partial charge is 0.474 e. The zero-order chi connectivity index (χ0) is 17.9. The van der Waals surface area contributed by atoms with Crippen LogP contribution in [0.15, 0.2) is 48.9 Å². The first-order valence-electron chi connectivity index (χ1n) is 8.62. The predicted octanol–water partition coefficient (Wildman–Crippen LogP) is 2.42. The van der Waals surface area contributed by atoms with Crippen molar-refractivity contribution >= 4 is 11.4 Å². The van der Waals surface area contributed by atoms with Crippen molar-refractivity contribution in [3.63, 3.8) is 0 Å². The third kappa shape index (κ3) is 3.33. The van der Waals surface area contributed by atoms with E-state index in [1.807, 2.05) is 46.0 Å². The van der Waals surface area contributed by atoms with Crippen molar-refractivity contribution in [3.8, 4) is 11.9 Å². The van der Waals surface area contributed by atoms with Gasteiger partial charge < -0.3 is 18.8 Å². The average Bonchev–Trinajstić information content (AvgIpc) is 3.12. The number of fused-ring (bicyclic) bond motifs is 1. The highest BCUT2D eigenvalue weighted by Crippen LogP contribution is 2.20. The molecule has 1 aliphatic rings. The van der Waals surface area contributed by atoms with Gasteiger partial charge in [0.25, 0.3) is 5.91 Å². The van der Waals surface area contributed by atoms with Gasteiger partial charge >= 0.3 is 6.01 Å². The quantitative estimate of drug-likeness (QED) is 0.721. The molecule has 1 aliphatic heterocycles. The number of methoxy groups -OCH3 is 1. The van der Waals surface area contributed by atoms with Gasteiger partial charge in [0.05, 0.1) is 12.7 Å². The van der Waals surface area contributed by atoms with Gasteiger partial charge in [0, 0.05) is 56.1 Å². The van der Waals surface area contributed by atoms with E-state index in [-0.39, 0.29) is 18.0 Å². The van der Waals surface area contributed by atoms with E-state index in [9.17, 15) is 4.79 Å². The topological polar surface area (TPSA) is 69.0 Å². The van der Waals surface area contributed by atoms with Gasteiger partial charge in [-0.2, -0.15) is 4.98 Å². The Kier molecular flexibility index (Phi) is 4.43. The van der Waals surface area contributed by atoms with Crippen LogP contribution < -0.4 is 9.47 Å². The molecular weight excluding hydrogens is 332 g/mol. The van der Waals surface area contributed by atoms with Crippen LogP contribution in [0.2, 0.25) is 0 Å². The number of aromatic nitrogens is 3. The van der Waals surface area contributed by atoms with Crippen LogP contribution in [0.3, 0.4) is 0 Å². The van der Waals surface area contributed by atoms with Gasteiger partial charge in [-0.3, -0.25) is 4.79 Å². The molecule has 0 unspecified atom stereocenters. The summed E-state index contributed by atoms with van der Waals surface area (Å²) in [6.45, 7) is 1.33. The van der Waals surface area contributed by atoms with E-state index in [1.165, 1.54) is 7.11 Å². The molecule has 0 radical (unpaired) electrons. The molecule has 0 atom stereocenters. The van der Waals surface area contributed by atoms with Gasteiger partial charge in [-0.1, -0.05) is 6.07 Å². The van der Waals surface area contributed by atoms with Crippen LogP contribution in [0.1, 0.15) is 23.2 Å². The van der Waals surface area contributed by atoms with E-state index >= 15 is 0 Å². The number of nitrogens with zero attached hydrogens (tertiary/aromatic N) is 4. The van der Waals surface area contributed by atoms with Gasteiger partial charge in [0.1, 0.15) is 6.10 Å². The summed E-state index contributed by atoms with van der Waals surface area (Å²) in [5.41, 5.74) is 1.74. The van der Waals surface area contributed by atoms with Crippen molar-refractivity contribution in [2.75, 3.05) is 20.2 Å². The molecule has 3 aromatic rings. The maximum atomic E-state index is 12.8. The number of ether oxygens (including phenoxy) is 2. The van der Waals surface area contributed by atoms with Crippen molar-refractivity contribution < 1.29 is 14.3 Å². The van der Waals surface area contributed by atoms with E-state index in [1.54, 1.807) is 12.3 Å². The molecule has 26 heavy (non-hydrogen) atoms. The van der Waals surface area contributed by atoms with Crippen LogP contribution in [0.5, 0.6) is 11.9 Å². The second kappa shape index (κ2) is 7.03. The molecule has 0 saturated carbocycles. The molecule has 3 aromatic heterocycles. The SMILES string of the molecule is COc1nccc(OC2CCN(C(=O)c3cc4ccccn4c3)CC2)n1. The second-order valence-electron chi connectivity index (χ2n) is 6.25. The summed E-state index contributed by atoms with van der Waals surface area (Å²) in [6, 6.07) is 9.84. The zero-order valence-electron chi connectivity index (χ0n) is 14.5. The van der Waals surface area contributed by atoms with E-state index in [0.29, 0.717) is 19.0 Å². The van der Waals surface area contributed by atoms with E-state index < -0.39 is 0 Å². The number of rotatable bonds is 4. The summed E-state index contributed by atoms with van der Waals surface area (Å²) in [5, 5.41) is 0. The van der Waals surface area contributed by atoms with Gasteiger partial charge in [-0.05, 0) is 18.2 Å². The monoisotopic (exact) mass is 352 g/mol. The summed E-state index contributed by atoms with van der Waals surface area (Å²) in [5.74, 6) is 0.566. The third-order valence-corrected chi connectivity index (χ3v) is 4.56. The van der Waals surface area contributed by atoms with Crippen molar-refractivity contribution in [2.24, 2.45) is 0 Å². The molecule has 134 valence electrons. The molecule has 1 amide bonds. The first-order chi connectivity index (χ1) is 12.7. The minimum atomic E-state index is 0.0340. The molecule has 1 saturated heterocycles. The van der Waals surface area contributed by atoms with Crippen LogP contribution in [-0.2, 0) is 0 Å². The number of likely N-dealkylation sites (tertiary alicyclic amines) is 1. The number of carbonyl (C=O) groups is 1. The number of pyridine rings is 1. The fourth-order valence-corrected chi connectivity index (χ4v) is 3.19. The highest BCUT2D eigenvalue weighted by atomic mass is 16.5. The van der Waals surface area contributed by atoms with Crippen molar-refractivity contribution in [2.45, 2.75) is 18.9 Å². The molecule has 0 aromatic carbocycles. The normalized spacial score (nSPS) is 15.2. The Morgan fingerprint density at radius 1 is 1.23 bits per heavy atom. The summed E-state index contributed by atoms with van der Waals surface area (Å²) in [4.78, 5) is 22.8. The number of hydrogen-bond donors (Lipinski definition) is 0. The predicted molar refractivity (Wildman–Crippen MR) is 95.5 cm³/mol. The number of piperidine rings is 1. The average molecular weight is 352 g/mol. The highest BCUT2D eigenvalue weighted by molar-refractivity contribution is 5.95. The lowest BCUT2D eigenvalue weighted by molar-refractivity contribution is 0.0586. The van der Waals surface area contributed by atoms with E-state index in [4.69, 9.17) is 9.47 Å². The van der Waals surface area contributed by atoms with Crippen LogP contribution in [0, 0.1) is 0 Å². The molecule has 0 spiro atoms. The fraction of sp³-hybridized carbons (Fsp3) is 0.316. The number of hydrogen-bond acceptors (Lipinski definition) is 5. The summed E-state index contributed by atoms with van der Waals surface area (Å²) in [7, 11) is 1.52. The summed E-state index contributed by atoms with van der Waals surface area (Å²) in [6.07, 6.45) is 7.01. The first kappa shape index (κ1) is 16.4. The molecule has 4 rings (SSSR count). The van der Waals surface area contributed by atoms with Crippen molar-refractivity contribution in [3.05, 3.63) is 54.5 Å². The fourth-order valence-electron chi connectivity index (χ4n) is 3.19. The molecule has 1 fully saturated rings. The van der Waals surface area contributed by atoms with Gasteiger partial charge in [-0.25, -0.2) is 4.98 Å². The minimum absolute atomic E-state index is 0.0340. The Morgan fingerprint density at radius 3 is 2.85 bits per heavy atom. The van der Waals surface area contributed by atoms with Gasteiger partial charge in [0.2, 0.25) is 5.88 Å². The van der Waals surface area contributed by atoms with Gasteiger partial charge in [-0.15, -0.1) is 0 Å². The zero-order valence-corrected chi connectivity index (χ0v) is 14.5. The van der Waals surface area contributed by atoms with Crippen LogP contribution in [0.25, 0.3) is 5.52 Å². The number of carbonyl (C=O) groups excluding carboxylic acids is 1. The second-order valence-corrected chi connectivity index (χ2v) is 6.25. The van der Waals surface area contributed by atoms with Crippen molar-refractivity contribution in [1.29, 1.82) is 0 Å². The lowest BCUT2D eigenvalue weighted by atomic mass is 10.1. The maximum absolute atomic E-state index is 12.8. The lowest BCUT2D eigenvalue weighted by Gasteiger charge is -2.31. The number of amides is 1. The molecule has 7 heteroatoms. The Balaban J connectivity index is 1.37. The van der Waals surface area contributed by atoms with Gasteiger partial charge in [0.15, 0.2) is 0 Å². The Labute approximate surface area is 151 Å². The van der Waals surface area contributed by atoms with Crippen LogP contribution >= 0.6 is 0 Å². The van der Waals surface area contributed by atoms with Crippen molar-refractivity contribution in [1.82, 2.24) is 19.3 Å².